The lowest BCUT2D eigenvalue weighted by Crippen LogP contribution is -2.04. The molecule has 0 spiro atoms. The highest BCUT2D eigenvalue weighted by atomic mass is 15.0. The number of nitrogens with zero attached hydrogens (tertiary/aromatic N) is 3. The molecule has 0 N–H and O–H groups in total. The van der Waals surface area contributed by atoms with Crippen molar-refractivity contribution in [2.45, 2.75) is 83.1 Å². The third-order valence-electron chi connectivity index (χ3n) is 15.0. The lowest BCUT2D eigenvalue weighted by atomic mass is 9.92. The zero-order valence-corrected chi connectivity index (χ0v) is 42.6. The molecule has 11 aromatic rings. The van der Waals surface area contributed by atoms with E-state index in [0.717, 1.165) is 66.1 Å². The third kappa shape index (κ3) is 7.08. The molecule has 0 aliphatic carbocycles. The first kappa shape index (κ1) is 44.6. The first-order valence-corrected chi connectivity index (χ1v) is 24.6. The fourth-order valence-corrected chi connectivity index (χ4v) is 12.7. The smallest absolute Gasteiger partial charge is 0.104 e. The average Bonchev–Trinajstić information content (AvgIpc) is 3.78. The van der Waals surface area contributed by atoms with Crippen molar-refractivity contribution >= 4 is 43.6 Å². The number of rotatable bonds is 6. The predicted octanol–water partition coefficient (Wildman–Crippen LogP) is 18.1. The largest absolute Gasteiger partial charge is 0.308 e. The monoisotopic (exact) mass is 905 g/mol. The minimum absolute atomic E-state index is 0.616. The summed E-state index contributed by atoms with van der Waals surface area (Å²) >= 11 is 0. The van der Waals surface area contributed by atoms with Gasteiger partial charge in [-0.25, -0.2) is 0 Å². The maximum Gasteiger partial charge on any atom is 0.104 e. The highest BCUT2D eigenvalue weighted by Crippen LogP contribution is 2.44. The lowest BCUT2D eigenvalue weighted by Gasteiger charge is -2.17. The molecular formula is C67H59N3. The number of aryl methyl sites for hydroxylation is 12. The van der Waals surface area contributed by atoms with Crippen LogP contribution in [0, 0.1) is 94.4 Å². The Balaban J connectivity index is 1.22. The van der Waals surface area contributed by atoms with Crippen molar-refractivity contribution in [3.63, 3.8) is 0 Å². The van der Waals surface area contributed by atoms with Crippen molar-refractivity contribution in [1.82, 2.24) is 9.13 Å². The molecule has 0 bridgehead atoms. The molecular weight excluding hydrogens is 847 g/mol. The maximum absolute atomic E-state index is 11.7. The molecule has 11 rings (SSSR count). The standard InChI is InChI=1S/C67H59N3/c1-37-24-41(5)64(42(6)25-37)49-18-22-60-55(32-49)53-20-16-51(66-45(9)28-39(3)29-46(66)10)34-62(53)69(60)58-14-13-15-59(57(58)36-68)70-61-23-19-50(65-43(7)26-38(2)27-44(65)8)33-56(61)54-21-17-52(35-63(54)70)67-47(11)30-40(4)31-48(67)12/h13-35H,1-12H3. The molecule has 342 valence electrons. The molecule has 0 saturated carbocycles. The summed E-state index contributed by atoms with van der Waals surface area (Å²) < 4.78 is 4.71. The van der Waals surface area contributed by atoms with E-state index in [4.69, 9.17) is 0 Å². The Hall–Kier alpha value is -7.93. The van der Waals surface area contributed by atoms with Crippen LogP contribution in [0.4, 0.5) is 0 Å². The molecule has 9 aromatic carbocycles. The van der Waals surface area contributed by atoms with E-state index in [1.807, 2.05) is 0 Å². The van der Waals surface area contributed by atoms with Gasteiger partial charge >= 0.3 is 0 Å². The Kier molecular flexibility index (Phi) is 10.6. The summed E-state index contributed by atoms with van der Waals surface area (Å²) in [5.41, 5.74) is 31.5. The van der Waals surface area contributed by atoms with Gasteiger partial charge in [0.1, 0.15) is 11.6 Å². The Bertz CT molecular complexity index is 3730. The summed E-state index contributed by atoms with van der Waals surface area (Å²) in [5.74, 6) is 0. The van der Waals surface area contributed by atoms with Crippen molar-refractivity contribution in [3.05, 3.63) is 212 Å². The zero-order valence-electron chi connectivity index (χ0n) is 42.6. The second kappa shape index (κ2) is 16.6. The van der Waals surface area contributed by atoms with E-state index in [2.05, 4.69) is 238 Å². The summed E-state index contributed by atoms with van der Waals surface area (Å²) in [5, 5.41) is 16.3. The number of hydrogen-bond donors (Lipinski definition) is 0. The van der Waals surface area contributed by atoms with Crippen LogP contribution in [0.2, 0.25) is 0 Å². The first-order chi connectivity index (χ1) is 33.6. The Morgan fingerprint density at radius 1 is 0.300 bits per heavy atom. The van der Waals surface area contributed by atoms with Crippen LogP contribution in [-0.4, -0.2) is 9.13 Å². The molecule has 0 aliphatic rings. The molecule has 0 radical (unpaired) electrons. The SMILES string of the molecule is Cc1cc(C)c(-c2ccc3c(c2)c2ccc(-c4c(C)cc(C)cc4C)cc2n3-c2cccc(-n3c4ccc(-c5c(C)cc(C)cc5C)cc4c4ccc(-c5c(C)cc(C)cc5C)cc43)c2C#N)c(C)c1. The average molecular weight is 906 g/mol. The maximum atomic E-state index is 11.7. The zero-order chi connectivity index (χ0) is 49.0. The molecule has 3 nitrogen and oxygen atoms in total. The molecule has 2 aromatic heterocycles. The predicted molar refractivity (Wildman–Crippen MR) is 298 cm³/mol. The van der Waals surface area contributed by atoms with Crippen LogP contribution in [0.3, 0.4) is 0 Å². The van der Waals surface area contributed by atoms with Gasteiger partial charge in [-0.1, -0.05) is 113 Å². The number of hydrogen-bond acceptors (Lipinski definition) is 1. The highest BCUT2D eigenvalue weighted by Gasteiger charge is 2.24. The van der Waals surface area contributed by atoms with Crippen molar-refractivity contribution in [2.75, 3.05) is 0 Å². The van der Waals surface area contributed by atoms with Crippen LogP contribution in [0.15, 0.2) is 140 Å². The van der Waals surface area contributed by atoms with Gasteiger partial charge in [-0.05, 0) is 221 Å². The topological polar surface area (TPSA) is 33.6 Å². The number of nitriles is 1. The summed E-state index contributed by atoms with van der Waals surface area (Å²) in [6.45, 7) is 26.4. The number of fused-ring (bicyclic) bond motifs is 6. The van der Waals surface area contributed by atoms with Crippen LogP contribution in [0.5, 0.6) is 0 Å². The van der Waals surface area contributed by atoms with E-state index in [1.54, 1.807) is 0 Å². The van der Waals surface area contributed by atoms with Crippen molar-refractivity contribution < 1.29 is 0 Å². The molecule has 3 heteroatoms. The molecule has 0 aliphatic heterocycles. The van der Waals surface area contributed by atoms with Crippen molar-refractivity contribution in [2.24, 2.45) is 0 Å². The van der Waals surface area contributed by atoms with E-state index in [-0.39, 0.29) is 0 Å². The summed E-state index contributed by atoms with van der Waals surface area (Å²) in [6, 6.07) is 55.2. The molecule has 0 unspecified atom stereocenters. The molecule has 0 fully saturated rings. The van der Waals surface area contributed by atoms with E-state index in [0.29, 0.717) is 5.56 Å². The van der Waals surface area contributed by atoms with E-state index >= 15 is 0 Å². The second-order valence-corrected chi connectivity index (χ2v) is 20.5. The molecule has 70 heavy (non-hydrogen) atoms. The number of benzene rings is 9. The minimum atomic E-state index is 0.616. The fraction of sp³-hybridized carbons (Fsp3) is 0.179. The fourth-order valence-electron chi connectivity index (χ4n) is 12.7. The van der Waals surface area contributed by atoms with Crippen molar-refractivity contribution in [3.8, 4) is 62.0 Å². The van der Waals surface area contributed by atoms with Crippen LogP contribution in [0.1, 0.15) is 72.3 Å². The van der Waals surface area contributed by atoms with Gasteiger partial charge in [0, 0.05) is 21.5 Å². The van der Waals surface area contributed by atoms with Gasteiger partial charge in [0.25, 0.3) is 0 Å². The summed E-state index contributed by atoms with van der Waals surface area (Å²) in [4.78, 5) is 0. The summed E-state index contributed by atoms with van der Waals surface area (Å²) in [6.07, 6.45) is 0. The highest BCUT2D eigenvalue weighted by molar-refractivity contribution is 6.13. The van der Waals surface area contributed by atoms with Crippen molar-refractivity contribution in [1.29, 1.82) is 5.26 Å². The van der Waals surface area contributed by atoms with Gasteiger partial charge in [-0.2, -0.15) is 5.26 Å². The molecule has 0 atom stereocenters. The van der Waals surface area contributed by atoms with Gasteiger partial charge in [0.15, 0.2) is 0 Å². The van der Waals surface area contributed by atoms with Crippen LogP contribution < -0.4 is 0 Å². The van der Waals surface area contributed by atoms with Crippen LogP contribution in [0.25, 0.3) is 99.5 Å². The molecule has 0 saturated heterocycles. The summed E-state index contributed by atoms with van der Waals surface area (Å²) in [7, 11) is 0. The van der Waals surface area contributed by atoms with Gasteiger partial charge in [-0.3, -0.25) is 0 Å². The molecule has 2 heterocycles. The van der Waals surface area contributed by atoms with E-state index in [1.165, 1.54) is 100 Å². The molecule has 0 amide bonds. The van der Waals surface area contributed by atoms with Crippen LogP contribution in [-0.2, 0) is 0 Å². The van der Waals surface area contributed by atoms with Gasteiger partial charge < -0.3 is 9.13 Å². The Morgan fingerprint density at radius 2 is 0.586 bits per heavy atom. The lowest BCUT2D eigenvalue weighted by molar-refractivity contribution is 1.12. The normalized spacial score (nSPS) is 11.7. The van der Waals surface area contributed by atoms with E-state index in [9.17, 15) is 5.26 Å². The Labute approximate surface area is 412 Å². The second-order valence-electron chi connectivity index (χ2n) is 20.5. The number of aromatic nitrogens is 2. The quantitative estimate of drug-likeness (QED) is 0.164. The van der Waals surface area contributed by atoms with E-state index < -0.39 is 0 Å². The first-order valence-electron chi connectivity index (χ1n) is 24.6. The minimum Gasteiger partial charge on any atom is -0.308 e. The Morgan fingerprint density at radius 3 is 0.886 bits per heavy atom. The van der Waals surface area contributed by atoms with Gasteiger partial charge in [-0.15, -0.1) is 0 Å². The van der Waals surface area contributed by atoms with Gasteiger partial charge in [0.05, 0.1) is 33.4 Å². The third-order valence-corrected chi connectivity index (χ3v) is 15.0. The van der Waals surface area contributed by atoms with Crippen LogP contribution >= 0.6 is 0 Å². The van der Waals surface area contributed by atoms with Gasteiger partial charge in [0.2, 0.25) is 0 Å².